The highest BCUT2D eigenvalue weighted by atomic mass is 79.9. The quantitative estimate of drug-likeness (QED) is 0.848. The van der Waals surface area contributed by atoms with E-state index in [1.54, 1.807) is 12.4 Å². The van der Waals surface area contributed by atoms with E-state index in [2.05, 4.69) is 31.9 Å². The number of rotatable bonds is 2. The second-order valence-corrected chi connectivity index (χ2v) is 5.98. The van der Waals surface area contributed by atoms with Crippen LogP contribution in [0.15, 0.2) is 44.3 Å². The highest BCUT2D eigenvalue weighted by Crippen LogP contribution is 2.22. The minimum atomic E-state index is -0.201. The lowest BCUT2D eigenvalue weighted by Crippen LogP contribution is -2.13. The Morgan fingerprint density at radius 2 is 2.00 bits per heavy atom. The first kappa shape index (κ1) is 13.6. The number of hydrogen-bond donors (Lipinski definition) is 1. The van der Waals surface area contributed by atoms with Gasteiger partial charge in [0.25, 0.3) is 0 Å². The van der Waals surface area contributed by atoms with Crippen LogP contribution in [-0.2, 0) is 6.54 Å². The maximum absolute atomic E-state index is 11.5. The molecule has 2 aromatic rings. The number of benzene rings is 1. The summed E-state index contributed by atoms with van der Waals surface area (Å²) in [5.74, 6) is 0. The first-order valence-corrected chi connectivity index (χ1v) is 7.03. The van der Waals surface area contributed by atoms with Gasteiger partial charge in [0.05, 0.1) is 10.2 Å². The fourth-order valence-corrected chi connectivity index (χ4v) is 2.78. The molecule has 0 saturated carbocycles. The van der Waals surface area contributed by atoms with Gasteiger partial charge < -0.3 is 10.3 Å². The number of hydrogen-bond acceptors (Lipinski definition) is 2. The van der Waals surface area contributed by atoms with Crippen LogP contribution in [0.4, 0.5) is 5.69 Å². The average molecular weight is 392 g/mol. The second-order valence-electron chi connectivity index (χ2n) is 3.80. The van der Waals surface area contributed by atoms with Crippen LogP contribution in [0.25, 0.3) is 0 Å². The molecule has 0 radical (unpaired) electrons. The van der Waals surface area contributed by atoms with Gasteiger partial charge in [0.15, 0.2) is 0 Å². The van der Waals surface area contributed by atoms with Gasteiger partial charge in [0.1, 0.15) is 0 Å². The van der Waals surface area contributed by atoms with Gasteiger partial charge in [0, 0.05) is 28.4 Å². The van der Waals surface area contributed by atoms with Gasteiger partial charge in [-0.05, 0) is 33.6 Å². The van der Waals surface area contributed by atoms with Crippen molar-refractivity contribution in [2.24, 2.45) is 0 Å². The molecule has 2 N–H and O–H groups in total. The molecule has 0 aliphatic carbocycles. The normalized spacial score (nSPS) is 10.6. The monoisotopic (exact) mass is 390 g/mol. The van der Waals surface area contributed by atoms with Crippen molar-refractivity contribution < 1.29 is 0 Å². The van der Waals surface area contributed by atoms with Crippen molar-refractivity contribution in [1.82, 2.24) is 4.57 Å². The van der Waals surface area contributed by atoms with E-state index in [4.69, 9.17) is 17.3 Å². The number of halogens is 3. The van der Waals surface area contributed by atoms with Gasteiger partial charge in [-0.3, -0.25) is 4.79 Å². The molecule has 1 heterocycles. The Kier molecular flexibility index (Phi) is 4.14. The molecule has 0 saturated heterocycles. The molecule has 0 bridgehead atoms. The largest absolute Gasteiger partial charge is 0.394 e. The SMILES string of the molecule is Nc1cn(Cc2ccc(Br)cc2Cl)cc(Br)c1=O. The first-order valence-electron chi connectivity index (χ1n) is 5.06. The van der Waals surface area contributed by atoms with Gasteiger partial charge >= 0.3 is 0 Å². The number of nitrogens with two attached hydrogens (primary N) is 1. The lowest BCUT2D eigenvalue weighted by atomic mass is 10.2. The van der Waals surface area contributed by atoms with Crippen LogP contribution in [0.5, 0.6) is 0 Å². The van der Waals surface area contributed by atoms with Crippen molar-refractivity contribution in [3.63, 3.8) is 0 Å². The van der Waals surface area contributed by atoms with E-state index in [1.807, 2.05) is 22.8 Å². The fourth-order valence-electron chi connectivity index (χ4n) is 1.55. The maximum atomic E-state index is 11.5. The van der Waals surface area contributed by atoms with Gasteiger partial charge in [-0.15, -0.1) is 0 Å². The zero-order chi connectivity index (χ0) is 13.3. The van der Waals surface area contributed by atoms with Gasteiger partial charge in [-0.2, -0.15) is 0 Å². The van der Waals surface area contributed by atoms with Crippen LogP contribution in [0.1, 0.15) is 5.56 Å². The van der Waals surface area contributed by atoms with Gasteiger partial charge in [-0.25, -0.2) is 0 Å². The maximum Gasteiger partial charge on any atom is 0.218 e. The van der Waals surface area contributed by atoms with Crippen LogP contribution in [-0.4, -0.2) is 4.57 Å². The lowest BCUT2D eigenvalue weighted by molar-refractivity contribution is 0.787. The summed E-state index contributed by atoms with van der Waals surface area (Å²) < 4.78 is 3.18. The summed E-state index contributed by atoms with van der Waals surface area (Å²) in [6.45, 7) is 0.551. The highest BCUT2D eigenvalue weighted by Gasteiger charge is 2.05. The Balaban J connectivity index is 2.37. The molecule has 1 aromatic carbocycles. The van der Waals surface area contributed by atoms with Crippen molar-refractivity contribution >= 4 is 49.1 Å². The van der Waals surface area contributed by atoms with E-state index in [0.29, 0.717) is 16.0 Å². The van der Waals surface area contributed by atoms with Gasteiger partial charge in [-0.1, -0.05) is 33.6 Å². The predicted molar refractivity (Wildman–Crippen MR) is 81.1 cm³/mol. The summed E-state index contributed by atoms with van der Waals surface area (Å²) in [4.78, 5) is 11.5. The molecule has 3 nitrogen and oxygen atoms in total. The van der Waals surface area contributed by atoms with Crippen molar-refractivity contribution in [2.45, 2.75) is 6.54 Å². The molecule has 6 heteroatoms. The predicted octanol–water partition coefficient (Wildman–Crippen LogP) is 3.66. The smallest absolute Gasteiger partial charge is 0.218 e. The number of pyridine rings is 1. The molecular weight excluding hydrogens is 383 g/mol. The molecule has 0 amide bonds. The molecule has 0 unspecified atom stereocenters. The third-order valence-electron chi connectivity index (χ3n) is 2.43. The molecular formula is C12H9Br2ClN2O. The number of anilines is 1. The summed E-state index contributed by atoms with van der Waals surface area (Å²) in [6, 6.07) is 5.68. The Labute approximate surface area is 126 Å². The van der Waals surface area contributed by atoms with Crippen molar-refractivity contribution in [1.29, 1.82) is 0 Å². The van der Waals surface area contributed by atoms with E-state index in [-0.39, 0.29) is 11.1 Å². The molecule has 0 spiro atoms. The summed E-state index contributed by atoms with van der Waals surface area (Å²) >= 11 is 12.7. The fraction of sp³-hybridized carbons (Fsp3) is 0.0833. The number of aromatic nitrogens is 1. The Morgan fingerprint density at radius 3 is 2.61 bits per heavy atom. The minimum Gasteiger partial charge on any atom is -0.394 e. The Morgan fingerprint density at radius 1 is 1.28 bits per heavy atom. The molecule has 1 aromatic heterocycles. The molecule has 94 valence electrons. The van der Waals surface area contributed by atoms with Crippen LogP contribution in [0, 0.1) is 0 Å². The zero-order valence-electron chi connectivity index (χ0n) is 9.16. The number of nitrogen functional groups attached to an aromatic ring is 1. The molecule has 0 atom stereocenters. The van der Waals surface area contributed by atoms with Crippen LogP contribution in [0.3, 0.4) is 0 Å². The minimum absolute atomic E-state index is 0.201. The van der Waals surface area contributed by atoms with E-state index in [1.165, 1.54) is 0 Å². The standard InChI is InChI=1S/C12H9Br2ClN2O/c13-8-2-1-7(10(15)3-8)4-17-5-9(14)12(18)11(16)6-17/h1-3,5-6H,4,16H2. The Hall–Kier alpha value is -0.780. The lowest BCUT2D eigenvalue weighted by Gasteiger charge is -2.10. The van der Waals surface area contributed by atoms with E-state index in [0.717, 1.165) is 10.0 Å². The summed E-state index contributed by atoms with van der Waals surface area (Å²) in [6.07, 6.45) is 3.29. The van der Waals surface area contributed by atoms with E-state index in [9.17, 15) is 4.79 Å². The van der Waals surface area contributed by atoms with Crippen LogP contribution >= 0.6 is 43.5 Å². The second kappa shape index (κ2) is 5.47. The van der Waals surface area contributed by atoms with Crippen LogP contribution in [0.2, 0.25) is 5.02 Å². The topological polar surface area (TPSA) is 48.0 Å². The summed E-state index contributed by atoms with van der Waals surface area (Å²) in [7, 11) is 0. The Bertz CT molecular complexity index is 629. The summed E-state index contributed by atoms with van der Waals surface area (Å²) in [5, 5.41) is 0.665. The zero-order valence-corrected chi connectivity index (χ0v) is 13.1. The van der Waals surface area contributed by atoms with Gasteiger partial charge in [0.2, 0.25) is 5.43 Å². The van der Waals surface area contributed by atoms with Crippen molar-refractivity contribution in [3.8, 4) is 0 Å². The molecule has 18 heavy (non-hydrogen) atoms. The van der Waals surface area contributed by atoms with Crippen molar-refractivity contribution in [3.05, 3.63) is 60.3 Å². The molecule has 0 fully saturated rings. The average Bonchev–Trinajstić information content (AvgIpc) is 2.29. The number of nitrogens with zero attached hydrogens (tertiary/aromatic N) is 1. The molecule has 0 aliphatic heterocycles. The third kappa shape index (κ3) is 2.96. The third-order valence-corrected chi connectivity index (χ3v) is 3.84. The van der Waals surface area contributed by atoms with Crippen LogP contribution < -0.4 is 11.2 Å². The first-order chi connectivity index (χ1) is 8.47. The highest BCUT2D eigenvalue weighted by molar-refractivity contribution is 9.10. The van der Waals surface area contributed by atoms with E-state index < -0.39 is 0 Å². The summed E-state index contributed by atoms with van der Waals surface area (Å²) in [5.41, 5.74) is 6.59. The molecule has 2 rings (SSSR count). The van der Waals surface area contributed by atoms with E-state index >= 15 is 0 Å². The van der Waals surface area contributed by atoms with Crippen molar-refractivity contribution in [2.75, 3.05) is 5.73 Å². The molecule has 0 aliphatic rings.